The molecule has 0 saturated heterocycles. The molecule has 0 aliphatic carbocycles. The van der Waals surface area contributed by atoms with Crippen LogP contribution in [0.2, 0.25) is 0 Å². The summed E-state index contributed by atoms with van der Waals surface area (Å²) < 4.78 is 12.2. The Morgan fingerprint density at radius 1 is 1.23 bits per heavy atom. The average molecular weight is 409 g/mol. The van der Waals surface area contributed by atoms with Gasteiger partial charge in [0.15, 0.2) is 28.8 Å². The number of terminal acetylenes is 1. The van der Waals surface area contributed by atoms with Crippen LogP contribution < -0.4 is 20.1 Å². The summed E-state index contributed by atoms with van der Waals surface area (Å²) in [7, 11) is 8.84. The Labute approximate surface area is 177 Å². The molecule has 158 valence electrons. The molecule has 0 saturated carbocycles. The Balaban J connectivity index is 2.37. The van der Waals surface area contributed by atoms with Crippen LogP contribution >= 0.6 is 0 Å². The van der Waals surface area contributed by atoms with E-state index >= 15 is 0 Å². The van der Waals surface area contributed by atoms with E-state index in [1.54, 1.807) is 38.0 Å². The van der Waals surface area contributed by atoms with Gasteiger partial charge in [-0.2, -0.15) is 0 Å². The summed E-state index contributed by atoms with van der Waals surface area (Å²) in [4.78, 5) is 19.1. The number of rotatable bonds is 8. The van der Waals surface area contributed by atoms with E-state index in [4.69, 9.17) is 15.9 Å². The van der Waals surface area contributed by atoms with Crippen molar-refractivity contribution in [2.45, 2.75) is 0 Å². The van der Waals surface area contributed by atoms with Gasteiger partial charge in [0.05, 0.1) is 20.8 Å². The number of ether oxygens (including phenoxy) is 2. The summed E-state index contributed by atoms with van der Waals surface area (Å²) in [5, 5.41) is 5.88. The Morgan fingerprint density at radius 2 is 1.97 bits per heavy atom. The number of nitrogens with one attached hydrogen (secondary N) is 2. The van der Waals surface area contributed by atoms with E-state index in [1.807, 2.05) is 25.1 Å². The minimum atomic E-state index is -0.311. The highest BCUT2D eigenvalue weighted by Crippen LogP contribution is 2.27. The van der Waals surface area contributed by atoms with Crippen LogP contribution in [0.5, 0.6) is 11.5 Å². The minimum Gasteiger partial charge on any atom is -0.493 e. The summed E-state index contributed by atoms with van der Waals surface area (Å²) in [5.74, 6) is 10.3. The number of likely N-dealkylation sites (N-methyl/N-ethyl adjacent to an activating group) is 1. The molecule has 8 heteroatoms. The molecule has 0 spiro atoms. The van der Waals surface area contributed by atoms with Crippen molar-refractivity contribution >= 4 is 11.7 Å². The normalized spacial score (nSPS) is 10.0. The quantitative estimate of drug-likeness (QED) is 0.638. The number of amides is 1. The first-order valence-corrected chi connectivity index (χ1v) is 9.32. The maximum atomic E-state index is 12.6. The molecule has 0 fully saturated rings. The zero-order valence-corrected chi connectivity index (χ0v) is 18.0. The fourth-order valence-electron chi connectivity index (χ4n) is 2.65. The van der Waals surface area contributed by atoms with Crippen molar-refractivity contribution in [1.29, 1.82) is 0 Å². The zero-order valence-electron chi connectivity index (χ0n) is 18.0. The smallest absolute Gasteiger partial charge is 0.272 e. The monoisotopic (exact) mass is 409 g/mol. The van der Waals surface area contributed by atoms with E-state index in [1.165, 1.54) is 0 Å². The molecule has 0 aliphatic rings. The lowest BCUT2D eigenvalue weighted by Gasteiger charge is -2.11. The summed E-state index contributed by atoms with van der Waals surface area (Å²) >= 11 is 0. The number of hydrogen-bond donors (Lipinski definition) is 2. The SMILES string of the molecule is C#CCNC(=O)c1c(NCCN(C)C)nc(C#Cc2ccc(OC)c(OC)c2)n1C. The van der Waals surface area contributed by atoms with Crippen LogP contribution in [0.3, 0.4) is 0 Å². The van der Waals surface area contributed by atoms with Crippen molar-refractivity contribution in [3.63, 3.8) is 0 Å². The van der Waals surface area contributed by atoms with Crippen molar-refractivity contribution in [2.24, 2.45) is 7.05 Å². The topological polar surface area (TPSA) is 80.7 Å². The zero-order chi connectivity index (χ0) is 22.1. The highest BCUT2D eigenvalue weighted by molar-refractivity contribution is 5.97. The molecule has 1 heterocycles. The maximum absolute atomic E-state index is 12.6. The molecule has 30 heavy (non-hydrogen) atoms. The van der Waals surface area contributed by atoms with Gasteiger partial charge < -0.3 is 29.6 Å². The van der Waals surface area contributed by atoms with E-state index in [9.17, 15) is 4.79 Å². The van der Waals surface area contributed by atoms with Gasteiger partial charge in [-0.1, -0.05) is 11.8 Å². The van der Waals surface area contributed by atoms with Gasteiger partial charge in [-0.3, -0.25) is 4.79 Å². The van der Waals surface area contributed by atoms with Gasteiger partial charge >= 0.3 is 0 Å². The van der Waals surface area contributed by atoms with Gasteiger partial charge in [0.25, 0.3) is 5.91 Å². The third-order valence-electron chi connectivity index (χ3n) is 4.21. The number of imidazole rings is 1. The summed E-state index contributed by atoms with van der Waals surface area (Å²) in [5.41, 5.74) is 1.11. The number of methoxy groups -OCH3 is 2. The van der Waals surface area contributed by atoms with Gasteiger partial charge in [0.1, 0.15) is 0 Å². The number of aromatic nitrogens is 2. The molecule has 0 atom stereocenters. The van der Waals surface area contributed by atoms with Crippen LogP contribution in [0.15, 0.2) is 18.2 Å². The molecule has 0 unspecified atom stereocenters. The van der Waals surface area contributed by atoms with E-state index in [-0.39, 0.29) is 12.5 Å². The van der Waals surface area contributed by atoms with Crippen LogP contribution in [-0.4, -0.2) is 68.3 Å². The third kappa shape index (κ3) is 5.69. The van der Waals surface area contributed by atoms with Crippen molar-refractivity contribution in [3.8, 4) is 35.7 Å². The second-order valence-corrected chi connectivity index (χ2v) is 6.63. The Morgan fingerprint density at radius 3 is 2.60 bits per heavy atom. The lowest BCUT2D eigenvalue weighted by molar-refractivity contribution is 0.0951. The van der Waals surface area contributed by atoms with Crippen molar-refractivity contribution in [1.82, 2.24) is 19.8 Å². The highest BCUT2D eigenvalue weighted by atomic mass is 16.5. The maximum Gasteiger partial charge on any atom is 0.272 e. The van der Waals surface area contributed by atoms with Crippen molar-refractivity contribution in [3.05, 3.63) is 35.3 Å². The summed E-state index contributed by atoms with van der Waals surface area (Å²) in [6, 6.07) is 5.40. The van der Waals surface area contributed by atoms with Crippen LogP contribution in [0, 0.1) is 24.2 Å². The number of carbonyl (C=O) groups is 1. The van der Waals surface area contributed by atoms with E-state index in [0.29, 0.717) is 35.4 Å². The second kappa shape index (κ2) is 10.8. The number of nitrogens with zero attached hydrogens (tertiary/aromatic N) is 3. The van der Waals surface area contributed by atoms with Crippen molar-refractivity contribution in [2.75, 3.05) is 53.3 Å². The van der Waals surface area contributed by atoms with Crippen LogP contribution in [0.25, 0.3) is 0 Å². The predicted octanol–water partition coefficient (Wildman–Crippen LogP) is 1.17. The predicted molar refractivity (Wildman–Crippen MR) is 117 cm³/mol. The Bertz CT molecular complexity index is 993. The number of carbonyl (C=O) groups excluding carboxylic acids is 1. The average Bonchev–Trinajstić information content (AvgIpc) is 3.05. The largest absolute Gasteiger partial charge is 0.493 e. The van der Waals surface area contributed by atoms with E-state index in [0.717, 1.165) is 12.1 Å². The molecule has 2 rings (SSSR count). The summed E-state index contributed by atoms with van der Waals surface area (Å²) in [6.45, 7) is 1.55. The molecule has 0 radical (unpaired) electrons. The van der Waals surface area contributed by atoms with Gasteiger partial charge in [0, 0.05) is 25.7 Å². The lowest BCUT2D eigenvalue weighted by atomic mass is 10.2. The fraction of sp³-hybridized carbons (Fsp3) is 0.364. The molecule has 2 N–H and O–H groups in total. The van der Waals surface area contributed by atoms with Crippen LogP contribution in [-0.2, 0) is 7.05 Å². The Kier molecular flexibility index (Phi) is 8.16. The number of hydrogen-bond acceptors (Lipinski definition) is 6. The van der Waals surface area contributed by atoms with Crippen LogP contribution in [0.1, 0.15) is 21.9 Å². The van der Waals surface area contributed by atoms with Gasteiger partial charge in [-0.25, -0.2) is 4.98 Å². The van der Waals surface area contributed by atoms with Gasteiger partial charge in [0.2, 0.25) is 0 Å². The molecule has 0 bridgehead atoms. The number of anilines is 1. The second-order valence-electron chi connectivity index (χ2n) is 6.63. The molecule has 1 aromatic carbocycles. The van der Waals surface area contributed by atoms with Gasteiger partial charge in [-0.15, -0.1) is 6.42 Å². The standard InChI is InChI=1S/C22H27N5O3/c1-7-12-24-22(28)20-21(23-13-14-26(2)3)25-19(27(20)4)11-9-16-8-10-17(29-5)18(15-16)30-6/h1,8,10,15,23H,12-14H2,2-6H3,(H,24,28). The van der Waals surface area contributed by atoms with E-state index < -0.39 is 0 Å². The third-order valence-corrected chi connectivity index (χ3v) is 4.21. The molecular formula is C22H27N5O3. The fourth-order valence-corrected chi connectivity index (χ4v) is 2.65. The first kappa shape index (κ1) is 22.7. The van der Waals surface area contributed by atoms with Gasteiger partial charge in [-0.05, 0) is 38.2 Å². The first-order valence-electron chi connectivity index (χ1n) is 9.32. The minimum absolute atomic E-state index is 0.133. The molecule has 1 aromatic heterocycles. The number of benzene rings is 1. The van der Waals surface area contributed by atoms with E-state index in [2.05, 4.69) is 33.4 Å². The molecule has 0 aliphatic heterocycles. The Hall–Kier alpha value is -3.62. The molecule has 1 amide bonds. The highest BCUT2D eigenvalue weighted by Gasteiger charge is 2.20. The molecule has 8 nitrogen and oxygen atoms in total. The first-order chi connectivity index (χ1) is 14.4. The summed E-state index contributed by atoms with van der Waals surface area (Å²) in [6.07, 6.45) is 5.26. The lowest BCUT2D eigenvalue weighted by Crippen LogP contribution is -2.27. The van der Waals surface area contributed by atoms with Crippen LogP contribution in [0.4, 0.5) is 5.82 Å². The molecular weight excluding hydrogens is 382 g/mol. The van der Waals surface area contributed by atoms with Crippen molar-refractivity contribution < 1.29 is 14.3 Å². The molecule has 2 aromatic rings.